The third-order valence-corrected chi connectivity index (χ3v) is 4.05. The molecule has 2 aromatic carbocycles. The molecule has 0 heterocycles. The van der Waals surface area contributed by atoms with Crippen LogP contribution >= 0.6 is 0 Å². The van der Waals surface area contributed by atoms with Crippen molar-refractivity contribution in [3.8, 4) is 11.5 Å². The normalized spacial score (nSPS) is 15.0. The average Bonchev–Trinajstić information content (AvgIpc) is 2.58. The molecule has 3 rings (SSSR count). The van der Waals surface area contributed by atoms with Crippen molar-refractivity contribution in [1.82, 2.24) is 5.32 Å². The smallest absolute Gasteiger partial charge is 0.319 e. The van der Waals surface area contributed by atoms with Crippen molar-refractivity contribution < 1.29 is 9.53 Å². The van der Waals surface area contributed by atoms with Gasteiger partial charge in [0.05, 0.1) is 5.69 Å². The highest BCUT2D eigenvalue weighted by atomic mass is 16.5. The van der Waals surface area contributed by atoms with E-state index in [1.165, 1.54) is 19.3 Å². The number of carbonyl (C=O) groups excluding carboxylic acids is 1. The number of hydrogen-bond donors (Lipinski definition) is 2. The first-order chi connectivity index (χ1) is 11.3. The van der Waals surface area contributed by atoms with Gasteiger partial charge in [-0.1, -0.05) is 49.6 Å². The summed E-state index contributed by atoms with van der Waals surface area (Å²) in [4.78, 5) is 12.2. The summed E-state index contributed by atoms with van der Waals surface area (Å²) in [6.45, 7) is 0. The minimum Gasteiger partial charge on any atom is -0.455 e. The van der Waals surface area contributed by atoms with E-state index in [-0.39, 0.29) is 12.1 Å². The zero-order chi connectivity index (χ0) is 15.9. The fraction of sp³-hybridized carbons (Fsp3) is 0.316. The molecular weight excluding hydrogens is 288 g/mol. The zero-order valence-corrected chi connectivity index (χ0v) is 13.1. The summed E-state index contributed by atoms with van der Waals surface area (Å²) < 4.78 is 5.86. The second-order valence-electron chi connectivity index (χ2n) is 5.84. The van der Waals surface area contributed by atoms with E-state index in [4.69, 9.17) is 4.74 Å². The van der Waals surface area contributed by atoms with E-state index in [1.807, 2.05) is 54.6 Å². The summed E-state index contributed by atoms with van der Waals surface area (Å²) in [5, 5.41) is 5.96. The van der Waals surface area contributed by atoms with Gasteiger partial charge in [0.15, 0.2) is 5.75 Å². The van der Waals surface area contributed by atoms with Gasteiger partial charge in [-0.05, 0) is 37.1 Å². The number of amides is 2. The first-order valence-electron chi connectivity index (χ1n) is 8.21. The van der Waals surface area contributed by atoms with E-state index in [0.717, 1.165) is 18.6 Å². The molecule has 0 bridgehead atoms. The monoisotopic (exact) mass is 310 g/mol. The Balaban J connectivity index is 1.64. The molecule has 2 aromatic rings. The van der Waals surface area contributed by atoms with Crippen LogP contribution in [0.2, 0.25) is 0 Å². The van der Waals surface area contributed by atoms with Crippen LogP contribution < -0.4 is 15.4 Å². The van der Waals surface area contributed by atoms with Crippen LogP contribution in [0.3, 0.4) is 0 Å². The third kappa shape index (κ3) is 4.49. The van der Waals surface area contributed by atoms with Crippen molar-refractivity contribution in [2.75, 3.05) is 5.32 Å². The Morgan fingerprint density at radius 2 is 1.61 bits per heavy atom. The molecule has 2 N–H and O–H groups in total. The molecule has 120 valence electrons. The van der Waals surface area contributed by atoms with Crippen molar-refractivity contribution in [3.63, 3.8) is 0 Å². The molecule has 1 aliphatic rings. The first kappa shape index (κ1) is 15.4. The molecule has 4 heteroatoms. The van der Waals surface area contributed by atoms with Gasteiger partial charge in [0.25, 0.3) is 0 Å². The lowest BCUT2D eigenvalue weighted by molar-refractivity contribution is 0.244. The number of ether oxygens (including phenoxy) is 1. The van der Waals surface area contributed by atoms with E-state index in [2.05, 4.69) is 10.6 Å². The predicted octanol–water partition coefficient (Wildman–Crippen LogP) is 4.93. The molecule has 1 fully saturated rings. The predicted molar refractivity (Wildman–Crippen MR) is 92.0 cm³/mol. The quantitative estimate of drug-likeness (QED) is 0.841. The summed E-state index contributed by atoms with van der Waals surface area (Å²) in [6.07, 6.45) is 5.79. The summed E-state index contributed by atoms with van der Waals surface area (Å²) in [6, 6.07) is 17.1. The largest absolute Gasteiger partial charge is 0.455 e. The maximum absolute atomic E-state index is 12.2. The topological polar surface area (TPSA) is 50.4 Å². The van der Waals surface area contributed by atoms with E-state index >= 15 is 0 Å². The van der Waals surface area contributed by atoms with Crippen molar-refractivity contribution in [3.05, 3.63) is 54.6 Å². The highest BCUT2D eigenvalue weighted by Gasteiger charge is 2.16. The van der Waals surface area contributed by atoms with Crippen LogP contribution in [0.5, 0.6) is 11.5 Å². The Hall–Kier alpha value is -2.49. The summed E-state index contributed by atoms with van der Waals surface area (Å²) in [5.74, 6) is 1.38. The summed E-state index contributed by atoms with van der Waals surface area (Å²) >= 11 is 0. The van der Waals surface area contributed by atoms with Crippen molar-refractivity contribution >= 4 is 11.7 Å². The van der Waals surface area contributed by atoms with Gasteiger partial charge in [-0.2, -0.15) is 0 Å². The molecule has 0 saturated heterocycles. The van der Waals surface area contributed by atoms with Crippen LogP contribution in [-0.4, -0.2) is 12.1 Å². The van der Waals surface area contributed by atoms with E-state index in [1.54, 1.807) is 0 Å². The maximum atomic E-state index is 12.2. The molecule has 0 aliphatic heterocycles. The third-order valence-electron chi connectivity index (χ3n) is 4.05. The van der Waals surface area contributed by atoms with Gasteiger partial charge >= 0.3 is 6.03 Å². The fourth-order valence-electron chi connectivity index (χ4n) is 2.87. The minimum absolute atomic E-state index is 0.166. The molecule has 0 aromatic heterocycles. The second kappa shape index (κ2) is 7.68. The van der Waals surface area contributed by atoms with Crippen molar-refractivity contribution in [2.24, 2.45) is 0 Å². The number of carbonyl (C=O) groups is 1. The highest BCUT2D eigenvalue weighted by Crippen LogP contribution is 2.29. The van der Waals surface area contributed by atoms with Crippen molar-refractivity contribution in [1.29, 1.82) is 0 Å². The van der Waals surface area contributed by atoms with Gasteiger partial charge < -0.3 is 15.4 Å². The Bertz CT molecular complexity index is 637. The number of nitrogens with one attached hydrogen (secondary N) is 2. The molecular formula is C19H22N2O2. The number of rotatable bonds is 4. The Morgan fingerprint density at radius 1 is 0.913 bits per heavy atom. The van der Waals surface area contributed by atoms with Gasteiger partial charge in [-0.15, -0.1) is 0 Å². The molecule has 1 saturated carbocycles. The number of para-hydroxylation sites is 3. The Morgan fingerprint density at radius 3 is 2.39 bits per heavy atom. The van der Waals surface area contributed by atoms with Gasteiger partial charge in [-0.3, -0.25) is 0 Å². The standard InChI is InChI=1S/C19H22N2O2/c22-19(20-15-9-3-1-4-10-15)21-17-13-7-8-14-18(17)23-16-11-5-2-6-12-16/h2,5-8,11-15H,1,3-4,9-10H2,(H2,20,21,22). The van der Waals surface area contributed by atoms with Crippen LogP contribution in [0.4, 0.5) is 10.5 Å². The average molecular weight is 310 g/mol. The van der Waals surface area contributed by atoms with Crippen LogP contribution in [0.25, 0.3) is 0 Å². The highest BCUT2D eigenvalue weighted by molar-refractivity contribution is 5.91. The van der Waals surface area contributed by atoms with Gasteiger partial charge in [0.1, 0.15) is 5.75 Å². The Labute approximate surface area is 136 Å². The lowest BCUT2D eigenvalue weighted by Gasteiger charge is -2.23. The van der Waals surface area contributed by atoms with E-state index < -0.39 is 0 Å². The number of hydrogen-bond acceptors (Lipinski definition) is 2. The maximum Gasteiger partial charge on any atom is 0.319 e. The summed E-state index contributed by atoms with van der Waals surface area (Å²) in [5.41, 5.74) is 0.671. The van der Waals surface area contributed by atoms with Gasteiger partial charge in [-0.25, -0.2) is 4.79 Å². The molecule has 2 amide bonds. The summed E-state index contributed by atoms with van der Waals surface area (Å²) in [7, 11) is 0. The Kier molecular flexibility index (Phi) is 5.14. The zero-order valence-electron chi connectivity index (χ0n) is 13.1. The first-order valence-corrected chi connectivity index (χ1v) is 8.21. The molecule has 23 heavy (non-hydrogen) atoms. The second-order valence-corrected chi connectivity index (χ2v) is 5.84. The number of anilines is 1. The molecule has 0 radical (unpaired) electrons. The van der Waals surface area contributed by atoms with Crippen LogP contribution in [0.1, 0.15) is 32.1 Å². The lowest BCUT2D eigenvalue weighted by Crippen LogP contribution is -2.39. The fourth-order valence-corrected chi connectivity index (χ4v) is 2.87. The van der Waals surface area contributed by atoms with Crippen LogP contribution in [0, 0.1) is 0 Å². The van der Waals surface area contributed by atoms with E-state index in [0.29, 0.717) is 11.4 Å². The van der Waals surface area contributed by atoms with Gasteiger partial charge in [0, 0.05) is 6.04 Å². The molecule has 0 atom stereocenters. The van der Waals surface area contributed by atoms with Crippen molar-refractivity contribution in [2.45, 2.75) is 38.1 Å². The minimum atomic E-state index is -0.166. The SMILES string of the molecule is O=C(Nc1ccccc1Oc1ccccc1)NC1CCCCC1. The molecule has 1 aliphatic carbocycles. The van der Waals surface area contributed by atoms with Gasteiger partial charge in [0.2, 0.25) is 0 Å². The van der Waals surface area contributed by atoms with Crippen LogP contribution in [0.15, 0.2) is 54.6 Å². The number of benzene rings is 2. The molecule has 4 nitrogen and oxygen atoms in total. The molecule has 0 unspecified atom stereocenters. The molecule has 0 spiro atoms. The van der Waals surface area contributed by atoms with E-state index in [9.17, 15) is 4.79 Å². The van der Waals surface area contributed by atoms with Crippen LogP contribution in [-0.2, 0) is 0 Å². The number of urea groups is 1. The lowest BCUT2D eigenvalue weighted by atomic mass is 9.96.